The van der Waals surface area contributed by atoms with Crippen LogP contribution in [0.5, 0.6) is 0 Å². The van der Waals surface area contributed by atoms with Gasteiger partial charge < -0.3 is 54.6 Å². The molecule has 2 amide bonds. The van der Waals surface area contributed by atoms with Crippen molar-refractivity contribution in [3.8, 4) is 0 Å². The van der Waals surface area contributed by atoms with Gasteiger partial charge in [0.15, 0.2) is 12.5 Å². The highest BCUT2D eigenvalue weighted by atomic mass is 31.3. The van der Waals surface area contributed by atoms with Gasteiger partial charge in [-0.15, -0.1) is 0 Å². The Hall–Kier alpha value is -0.910. The van der Waals surface area contributed by atoms with Gasteiger partial charge in [-0.25, -0.2) is 22.7 Å². The van der Waals surface area contributed by atoms with Crippen molar-refractivity contribution in [3.05, 3.63) is 12.2 Å². The third kappa shape index (κ3) is 9.57. The molecule has 0 spiro atoms. The number of hydrogen-bond acceptors (Lipinski definition) is 18. The molecule has 0 aromatic carbocycles. The molecule has 0 aromatic heterocycles. The summed E-state index contributed by atoms with van der Waals surface area (Å²) >= 11 is 0. The molecule has 14 atom stereocenters. The Morgan fingerprint density at radius 3 is 1.93 bits per heavy atom. The van der Waals surface area contributed by atoms with Gasteiger partial charge >= 0.3 is 31.3 Å². The summed E-state index contributed by atoms with van der Waals surface area (Å²) in [6, 6.07) is 0. The molecule has 0 saturated carbocycles. The van der Waals surface area contributed by atoms with Crippen molar-refractivity contribution in [1.82, 2.24) is 5.32 Å². The average molecular weight is 727 g/mol. The maximum absolute atomic E-state index is 14.0. The van der Waals surface area contributed by atoms with Gasteiger partial charge in [0.25, 0.3) is 0 Å². The van der Waals surface area contributed by atoms with Gasteiger partial charge in [-0.2, -0.15) is 12.9 Å². The highest BCUT2D eigenvalue weighted by molar-refractivity contribution is 7.69. The number of phosphoric ester groups is 2. The molecule has 3 aliphatic heterocycles. The zero-order chi connectivity index (χ0) is 33.4. The van der Waals surface area contributed by atoms with E-state index >= 15 is 0 Å². The van der Waals surface area contributed by atoms with Crippen LogP contribution >= 0.6 is 31.3 Å². The number of amides is 2. The summed E-state index contributed by atoms with van der Waals surface area (Å²) in [5.74, 6) is -2.99. The topological polar surface area (TPSA) is 361 Å². The van der Waals surface area contributed by atoms with Gasteiger partial charge in [0.1, 0.15) is 42.7 Å². The minimum absolute atomic E-state index is 0.774. The second-order valence-electron chi connectivity index (χ2n) is 9.03. The lowest BCUT2D eigenvalue weighted by Gasteiger charge is -2.38. The summed E-state index contributed by atoms with van der Waals surface area (Å²) in [7, 11) is -24.4. The van der Waals surface area contributed by atoms with Gasteiger partial charge in [0, 0.05) is 6.08 Å². The number of imide groups is 1. The van der Waals surface area contributed by atoms with E-state index in [1.54, 1.807) is 0 Å². The van der Waals surface area contributed by atoms with Crippen LogP contribution in [0.1, 0.15) is 0 Å². The Labute approximate surface area is 244 Å². The van der Waals surface area contributed by atoms with Crippen molar-refractivity contribution >= 4 is 43.1 Å². The highest BCUT2D eigenvalue weighted by Gasteiger charge is 2.52. The molecule has 2 fully saturated rings. The van der Waals surface area contributed by atoms with E-state index in [0.29, 0.717) is 0 Å². The Kier molecular flexibility index (Phi) is 12.0. The first-order valence-electron chi connectivity index (χ1n) is 11.7. The number of ether oxygens (including phenoxy) is 2. The van der Waals surface area contributed by atoms with Gasteiger partial charge in [-0.1, -0.05) is 6.08 Å². The lowest BCUT2D eigenvalue weighted by Crippen LogP contribution is -2.57. The standard InChI is InChI=1S/C16H26FNO22P4/c17-9-10(21)6(3-19)36-16(12(9)23)37-42(28,29)39-44(32,33)40-43(30,31)38-41(26,27)34-4-7-11(22)13(24)14(35-7)5-1-2-8(20)18-15(5)25/h1-2,5-7,9-14,16,19,21-24H,3-4H2,(H,26,27)(H,28,29)(H,30,31)(H,32,33)(H,18,20,25). The van der Waals surface area contributed by atoms with Crippen molar-refractivity contribution in [1.29, 1.82) is 0 Å². The molecule has 254 valence electrons. The van der Waals surface area contributed by atoms with Crippen LogP contribution < -0.4 is 5.32 Å². The van der Waals surface area contributed by atoms with E-state index in [4.69, 9.17) is 9.84 Å². The van der Waals surface area contributed by atoms with Gasteiger partial charge in [-0.05, 0) is 0 Å². The van der Waals surface area contributed by atoms with Crippen LogP contribution in [0.25, 0.3) is 0 Å². The van der Waals surface area contributed by atoms with Crippen LogP contribution in [0, 0.1) is 5.92 Å². The SMILES string of the molecule is O=C1C=CC(C2OC(COP(=O)(O)OP(=O)(O)OP(=O)(O)OP(=O)(O)OC3OC(CO)C(O)C(F)C3O)C(O)C2O)C(=O)N1. The van der Waals surface area contributed by atoms with Crippen molar-refractivity contribution in [2.75, 3.05) is 13.2 Å². The number of nitrogens with one attached hydrogen (secondary N) is 1. The van der Waals surface area contributed by atoms with Gasteiger partial charge in [0.05, 0.1) is 19.1 Å². The van der Waals surface area contributed by atoms with Crippen LogP contribution in [0.15, 0.2) is 12.2 Å². The number of alkyl halides is 1. The predicted octanol–water partition coefficient (Wildman–Crippen LogP) is -3.43. The number of hydrogen-bond donors (Lipinski definition) is 10. The van der Waals surface area contributed by atoms with Crippen molar-refractivity contribution in [3.63, 3.8) is 0 Å². The number of aliphatic hydroxyl groups excluding tert-OH is 5. The molecular weight excluding hydrogens is 701 g/mol. The molecule has 0 bridgehead atoms. The summed E-state index contributed by atoms with van der Waals surface area (Å²) in [4.78, 5) is 61.9. The lowest BCUT2D eigenvalue weighted by atomic mass is 9.93. The Morgan fingerprint density at radius 1 is 0.795 bits per heavy atom. The molecule has 2 saturated heterocycles. The largest absolute Gasteiger partial charge is 0.490 e. The normalized spacial score (nSPS) is 40.0. The summed E-state index contributed by atoms with van der Waals surface area (Å²) < 4.78 is 91.8. The molecule has 44 heavy (non-hydrogen) atoms. The Balaban J connectivity index is 1.57. The molecule has 0 aliphatic carbocycles. The fourth-order valence-electron chi connectivity index (χ4n) is 3.89. The maximum atomic E-state index is 14.0. The van der Waals surface area contributed by atoms with Gasteiger partial charge in [0.2, 0.25) is 11.8 Å². The molecule has 23 nitrogen and oxygen atoms in total. The van der Waals surface area contributed by atoms with E-state index in [1.165, 1.54) is 0 Å². The minimum atomic E-state index is -6.31. The summed E-state index contributed by atoms with van der Waals surface area (Å²) in [6.07, 6.45) is -16.6. The molecule has 3 aliphatic rings. The van der Waals surface area contributed by atoms with E-state index in [2.05, 4.69) is 26.7 Å². The molecule has 10 N–H and O–H groups in total. The quantitative estimate of drug-likeness (QED) is 0.0651. The maximum Gasteiger partial charge on any atom is 0.490 e. The third-order valence-corrected chi connectivity index (χ3v) is 11.7. The Bertz CT molecular complexity index is 1310. The third-order valence-electron chi connectivity index (χ3n) is 5.82. The fraction of sp³-hybridized carbons (Fsp3) is 0.750. The Morgan fingerprint density at radius 2 is 1.36 bits per heavy atom. The zero-order valence-electron chi connectivity index (χ0n) is 21.3. The predicted molar refractivity (Wildman–Crippen MR) is 129 cm³/mol. The first-order valence-corrected chi connectivity index (χ1v) is 17.6. The second-order valence-corrected chi connectivity index (χ2v) is 15.2. The van der Waals surface area contributed by atoms with E-state index in [1.807, 2.05) is 5.32 Å². The van der Waals surface area contributed by atoms with E-state index in [0.717, 1.165) is 12.2 Å². The van der Waals surface area contributed by atoms with Crippen LogP contribution in [-0.4, -0.2) is 125 Å². The zero-order valence-corrected chi connectivity index (χ0v) is 24.9. The first-order chi connectivity index (χ1) is 20.1. The number of halogens is 1. The smallest absolute Gasteiger partial charge is 0.394 e. The van der Waals surface area contributed by atoms with Crippen LogP contribution in [0.3, 0.4) is 0 Å². The number of carbonyl (C=O) groups is 2. The lowest BCUT2D eigenvalue weighted by molar-refractivity contribution is -0.268. The van der Waals surface area contributed by atoms with E-state index < -0.39 is 117 Å². The molecular formula is C16H26FNO22P4. The van der Waals surface area contributed by atoms with Crippen molar-refractivity contribution in [2.45, 2.75) is 55.2 Å². The second kappa shape index (κ2) is 14.1. The number of aliphatic hydroxyl groups is 5. The molecule has 3 heterocycles. The molecule has 3 rings (SSSR count). The van der Waals surface area contributed by atoms with Gasteiger partial charge in [-0.3, -0.25) is 24.0 Å². The first kappa shape index (κ1) is 37.5. The summed E-state index contributed by atoms with van der Waals surface area (Å²) in [6.45, 7) is -2.29. The van der Waals surface area contributed by atoms with E-state index in [9.17, 15) is 72.2 Å². The number of rotatable bonds is 13. The molecule has 0 aromatic rings. The number of phosphoric acid groups is 4. The molecule has 0 radical (unpaired) electrons. The van der Waals surface area contributed by atoms with Crippen molar-refractivity contribution in [2.24, 2.45) is 5.92 Å². The number of carbonyl (C=O) groups excluding carboxylic acids is 2. The summed E-state index contributed by atoms with van der Waals surface area (Å²) in [5.41, 5.74) is 0. The molecule has 14 unspecified atom stereocenters. The van der Waals surface area contributed by atoms with E-state index in [-0.39, 0.29) is 0 Å². The van der Waals surface area contributed by atoms with Crippen LogP contribution in [-0.2, 0) is 59.3 Å². The van der Waals surface area contributed by atoms with Crippen LogP contribution in [0.4, 0.5) is 4.39 Å². The molecule has 28 heteroatoms. The fourth-order valence-corrected chi connectivity index (χ4v) is 8.91. The van der Waals surface area contributed by atoms with Crippen LogP contribution in [0.2, 0.25) is 0 Å². The average Bonchev–Trinajstić information content (AvgIpc) is 3.14. The van der Waals surface area contributed by atoms with Crippen molar-refractivity contribution < 1.29 is 109 Å². The minimum Gasteiger partial charge on any atom is -0.394 e. The monoisotopic (exact) mass is 727 g/mol. The highest BCUT2D eigenvalue weighted by Crippen LogP contribution is 2.71. The summed E-state index contributed by atoms with van der Waals surface area (Å²) in [5, 5.41) is 50.5.